The van der Waals surface area contributed by atoms with Gasteiger partial charge >= 0.3 is 0 Å². The fourth-order valence-electron chi connectivity index (χ4n) is 2.57. The number of fused-ring (bicyclic) bond motifs is 1. The molecule has 0 fully saturated rings. The molecule has 2 aromatic rings. The van der Waals surface area contributed by atoms with Gasteiger partial charge in [0.1, 0.15) is 6.54 Å². The number of amides is 1. The van der Waals surface area contributed by atoms with Crippen molar-refractivity contribution in [2.45, 2.75) is 13.5 Å². The first-order valence-electron chi connectivity index (χ1n) is 6.56. The lowest BCUT2D eigenvalue weighted by atomic mass is 10.1. The largest absolute Gasteiger partial charge is 0.392 e. The molecule has 2 aromatic carbocycles. The fraction of sp³-hybridized carbons (Fsp3) is 0.188. The summed E-state index contributed by atoms with van der Waals surface area (Å²) in [6.45, 7) is 2.32. The predicted octanol–water partition coefficient (Wildman–Crippen LogP) is 2.58. The van der Waals surface area contributed by atoms with E-state index in [4.69, 9.17) is 0 Å². The topological polar surface area (TPSA) is 52.6 Å². The second-order valence-corrected chi connectivity index (χ2v) is 4.93. The van der Waals surface area contributed by atoms with Crippen LogP contribution in [0.15, 0.2) is 42.5 Å². The van der Waals surface area contributed by atoms with Crippen LogP contribution < -0.4 is 10.2 Å². The third-order valence-corrected chi connectivity index (χ3v) is 3.51. The van der Waals surface area contributed by atoms with E-state index in [0.717, 1.165) is 28.2 Å². The molecule has 0 radical (unpaired) electrons. The lowest BCUT2D eigenvalue weighted by molar-refractivity contribution is -0.115. The Balaban J connectivity index is 2.08. The Kier molecular flexibility index (Phi) is 3.16. The van der Waals surface area contributed by atoms with Gasteiger partial charge in [-0.1, -0.05) is 24.3 Å². The number of para-hydroxylation sites is 2. The van der Waals surface area contributed by atoms with Crippen LogP contribution >= 0.6 is 0 Å². The number of carbonyl (C=O) groups excluding carboxylic acids is 1. The minimum Gasteiger partial charge on any atom is -0.392 e. The maximum absolute atomic E-state index is 11.9. The third-order valence-electron chi connectivity index (χ3n) is 3.51. The molecule has 0 spiro atoms. The number of carbonyl (C=O) groups is 1. The number of rotatable bonds is 2. The van der Waals surface area contributed by atoms with Crippen LogP contribution in [0.2, 0.25) is 0 Å². The summed E-state index contributed by atoms with van der Waals surface area (Å²) in [5, 5.41) is 12.1. The SMILES string of the molecule is Cc1cc(CO)ccc1N1CC(=O)Nc2ccccc21. The standard InChI is InChI=1S/C16H16N2O2/c1-11-8-12(10-19)6-7-14(11)18-9-16(20)17-13-4-2-3-5-15(13)18/h2-8,19H,9-10H2,1H3,(H,17,20). The first-order valence-corrected chi connectivity index (χ1v) is 6.56. The van der Waals surface area contributed by atoms with Crippen LogP contribution in [0, 0.1) is 6.92 Å². The van der Waals surface area contributed by atoms with Crippen molar-refractivity contribution in [1.82, 2.24) is 0 Å². The van der Waals surface area contributed by atoms with Crippen molar-refractivity contribution < 1.29 is 9.90 Å². The lowest BCUT2D eigenvalue weighted by Crippen LogP contribution is -2.35. The number of nitrogens with one attached hydrogen (secondary N) is 1. The molecular formula is C16H16N2O2. The van der Waals surface area contributed by atoms with Crippen LogP contribution in [0.5, 0.6) is 0 Å². The van der Waals surface area contributed by atoms with Gasteiger partial charge in [-0.05, 0) is 36.2 Å². The van der Waals surface area contributed by atoms with Crippen molar-refractivity contribution in [3.63, 3.8) is 0 Å². The predicted molar refractivity (Wildman–Crippen MR) is 79.2 cm³/mol. The number of hydrogen-bond acceptors (Lipinski definition) is 3. The fourth-order valence-corrected chi connectivity index (χ4v) is 2.57. The summed E-state index contributed by atoms with van der Waals surface area (Å²) in [5.74, 6) is -0.0191. The molecule has 0 saturated heterocycles. The van der Waals surface area contributed by atoms with Crippen LogP contribution in [0.25, 0.3) is 0 Å². The molecule has 0 saturated carbocycles. The minimum absolute atomic E-state index is 0.0191. The zero-order valence-electron chi connectivity index (χ0n) is 11.3. The van der Waals surface area contributed by atoms with Gasteiger partial charge in [0.25, 0.3) is 0 Å². The van der Waals surface area contributed by atoms with Crippen molar-refractivity contribution in [1.29, 1.82) is 0 Å². The van der Waals surface area contributed by atoms with Crippen LogP contribution in [-0.4, -0.2) is 17.6 Å². The number of aliphatic hydroxyl groups is 1. The number of aryl methyl sites for hydroxylation is 1. The molecule has 2 N–H and O–H groups in total. The van der Waals surface area contributed by atoms with Crippen molar-refractivity contribution >= 4 is 23.0 Å². The molecule has 1 amide bonds. The highest BCUT2D eigenvalue weighted by Crippen LogP contribution is 2.36. The van der Waals surface area contributed by atoms with E-state index in [-0.39, 0.29) is 12.5 Å². The van der Waals surface area contributed by atoms with Crippen LogP contribution in [0.4, 0.5) is 17.1 Å². The van der Waals surface area contributed by atoms with Gasteiger partial charge in [-0.15, -0.1) is 0 Å². The highest BCUT2D eigenvalue weighted by molar-refractivity contribution is 6.03. The van der Waals surface area contributed by atoms with E-state index in [2.05, 4.69) is 5.32 Å². The number of hydrogen-bond donors (Lipinski definition) is 2. The average Bonchev–Trinajstić information content (AvgIpc) is 2.46. The van der Waals surface area contributed by atoms with E-state index in [1.165, 1.54) is 0 Å². The summed E-state index contributed by atoms with van der Waals surface area (Å²) >= 11 is 0. The van der Waals surface area contributed by atoms with E-state index in [1.807, 2.05) is 54.3 Å². The van der Waals surface area contributed by atoms with Crippen molar-refractivity contribution in [2.75, 3.05) is 16.8 Å². The maximum Gasteiger partial charge on any atom is 0.244 e. The molecule has 0 aliphatic carbocycles. The summed E-state index contributed by atoms with van der Waals surface area (Å²) < 4.78 is 0. The molecule has 0 unspecified atom stereocenters. The van der Waals surface area contributed by atoms with Gasteiger partial charge in [0.05, 0.1) is 18.0 Å². The molecule has 1 heterocycles. The van der Waals surface area contributed by atoms with E-state index in [9.17, 15) is 9.90 Å². The average molecular weight is 268 g/mol. The van der Waals surface area contributed by atoms with E-state index >= 15 is 0 Å². The van der Waals surface area contributed by atoms with Gasteiger partial charge in [0.2, 0.25) is 5.91 Å². The van der Waals surface area contributed by atoms with Gasteiger partial charge in [-0.2, -0.15) is 0 Å². The minimum atomic E-state index is -0.0191. The van der Waals surface area contributed by atoms with Crippen LogP contribution in [0.1, 0.15) is 11.1 Å². The molecule has 4 heteroatoms. The summed E-state index contributed by atoms with van der Waals surface area (Å²) in [5.41, 5.74) is 4.73. The molecule has 1 aliphatic heterocycles. The second kappa shape index (κ2) is 4.98. The highest BCUT2D eigenvalue weighted by atomic mass is 16.3. The quantitative estimate of drug-likeness (QED) is 0.880. The zero-order chi connectivity index (χ0) is 14.1. The van der Waals surface area contributed by atoms with Gasteiger partial charge in [0.15, 0.2) is 0 Å². The number of aliphatic hydroxyl groups excluding tert-OH is 1. The molecular weight excluding hydrogens is 252 g/mol. The smallest absolute Gasteiger partial charge is 0.244 e. The van der Waals surface area contributed by atoms with Gasteiger partial charge in [0, 0.05) is 5.69 Å². The maximum atomic E-state index is 11.9. The summed E-state index contributed by atoms with van der Waals surface area (Å²) in [7, 11) is 0. The molecule has 0 bridgehead atoms. The van der Waals surface area contributed by atoms with Crippen molar-refractivity contribution in [3.8, 4) is 0 Å². The summed E-state index contributed by atoms with van der Waals surface area (Å²) in [4.78, 5) is 13.9. The summed E-state index contributed by atoms with van der Waals surface area (Å²) in [6.07, 6.45) is 0. The number of benzene rings is 2. The van der Waals surface area contributed by atoms with E-state index in [0.29, 0.717) is 6.54 Å². The Morgan fingerprint density at radius 1 is 1.20 bits per heavy atom. The Bertz CT molecular complexity index is 667. The number of nitrogens with zero attached hydrogens (tertiary/aromatic N) is 1. The molecule has 0 atom stereocenters. The summed E-state index contributed by atoms with van der Waals surface area (Å²) in [6, 6.07) is 13.5. The first-order chi connectivity index (χ1) is 9.69. The van der Waals surface area contributed by atoms with Gasteiger partial charge in [-0.3, -0.25) is 4.79 Å². The molecule has 4 nitrogen and oxygen atoms in total. The second-order valence-electron chi connectivity index (χ2n) is 4.93. The van der Waals surface area contributed by atoms with Crippen molar-refractivity contribution in [2.24, 2.45) is 0 Å². The van der Waals surface area contributed by atoms with Crippen molar-refractivity contribution in [3.05, 3.63) is 53.6 Å². The third kappa shape index (κ3) is 2.14. The normalized spacial score (nSPS) is 13.9. The highest BCUT2D eigenvalue weighted by Gasteiger charge is 2.23. The Morgan fingerprint density at radius 2 is 2.00 bits per heavy atom. The van der Waals surface area contributed by atoms with Crippen LogP contribution in [-0.2, 0) is 11.4 Å². The van der Waals surface area contributed by atoms with Crippen LogP contribution in [0.3, 0.4) is 0 Å². The van der Waals surface area contributed by atoms with E-state index < -0.39 is 0 Å². The van der Waals surface area contributed by atoms with Gasteiger partial charge < -0.3 is 15.3 Å². The number of anilines is 3. The molecule has 3 rings (SSSR count). The molecule has 20 heavy (non-hydrogen) atoms. The Hall–Kier alpha value is -2.33. The molecule has 1 aliphatic rings. The Morgan fingerprint density at radius 3 is 2.75 bits per heavy atom. The Labute approximate surface area is 117 Å². The molecule has 102 valence electrons. The lowest BCUT2D eigenvalue weighted by Gasteiger charge is -2.32. The van der Waals surface area contributed by atoms with Gasteiger partial charge in [-0.25, -0.2) is 0 Å². The van der Waals surface area contributed by atoms with E-state index in [1.54, 1.807) is 0 Å². The first kappa shape index (κ1) is 12.7. The molecule has 0 aromatic heterocycles. The zero-order valence-corrected chi connectivity index (χ0v) is 11.3. The monoisotopic (exact) mass is 268 g/mol.